The van der Waals surface area contributed by atoms with Gasteiger partial charge < -0.3 is 15.2 Å². The van der Waals surface area contributed by atoms with Gasteiger partial charge in [-0.15, -0.1) is 0 Å². The van der Waals surface area contributed by atoms with Gasteiger partial charge in [-0.3, -0.25) is 10.1 Å². The lowest BCUT2D eigenvalue weighted by Crippen LogP contribution is -2.04. The van der Waals surface area contributed by atoms with E-state index in [4.69, 9.17) is 0 Å². The average molecular weight is 314 g/mol. The molecule has 6 nitrogen and oxygen atoms in total. The number of aliphatic hydroxyl groups is 1. The average Bonchev–Trinajstić information content (AvgIpc) is 2.50. The fourth-order valence-corrected chi connectivity index (χ4v) is 2.28. The summed E-state index contributed by atoms with van der Waals surface area (Å²) in [5.74, 6) is 0. The Kier molecular flexibility index (Phi) is 5.43. The molecule has 0 amide bonds. The topological polar surface area (TPSA) is 92.5 Å². The van der Waals surface area contributed by atoms with Crippen LogP contribution in [0.4, 0.5) is 17.1 Å². The number of aliphatic hydroxyl groups excluding tert-OH is 1. The number of nitro groups is 1. The molecule has 6 heteroatoms. The highest BCUT2D eigenvalue weighted by Gasteiger charge is 2.14. The van der Waals surface area contributed by atoms with Crippen LogP contribution >= 0.6 is 0 Å². The number of rotatable bonds is 7. The van der Waals surface area contributed by atoms with Gasteiger partial charge in [0.1, 0.15) is 12.0 Å². The molecule has 0 aliphatic heterocycles. The predicted octanol–water partition coefficient (Wildman–Crippen LogP) is 3.00. The third kappa shape index (κ3) is 4.62. The number of hydrogen-bond donors (Lipinski definition) is 2. The summed E-state index contributed by atoms with van der Waals surface area (Å²) in [6.07, 6.45) is 1.00. The molecular formula is C17H18N2O4. The number of carbonyl (C=O) groups excluding carboxylic acids is 1. The van der Waals surface area contributed by atoms with Crippen molar-refractivity contribution >= 4 is 23.3 Å². The second-order valence-corrected chi connectivity index (χ2v) is 5.35. The van der Waals surface area contributed by atoms with E-state index in [9.17, 15) is 20.0 Å². The molecule has 0 saturated heterocycles. The second-order valence-electron chi connectivity index (χ2n) is 5.35. The molecule has 0 aromatic heterocycles. The van der Waals surface area contributed by atoms with E-state index in [2.05, 4.69) is 5.32 Å². The molecule has 0 unspecified atom stereocenters. The fraction of sp³-hybridized carbons (Fsp3) is 0.235. The van der Waals surface area contributed by atoms with E-state index in [1.54, 1.807) is 31.2 Å². The lowest BCUT2D eigenvalue weighted by Gasteiger charge is -2.10. The largest absolute Gasteiger partial charge is 0.393 e. The summed E-state index contributed by atoms with van der Waals surface area (Å²) in [5, 5.41) is 23.6. The van der Waals surface area contributed by atoms with Gasteiger partial charge in [0.25, 0.3) is 5.69 Å². The van der Waals surface area contributed by atoms with Gasteiger partial charge in [0.2, 0.25) is 0 Å². The zero-order chi connectivity index (χ0) is 16.8. The molecule has 1 atom stereocenters. The Balaban J connectivity index is 2.21. The van der Waals surface area contributed by atoms with Crippen LogP contribution in [0.15, 0.2) is 42.5 Å². The van der Waals surface area contributed by atoms with Crippen LogP contribution in [0, 0.1) is 10.1 Å². The zero-order valence-corrected chi connectivity index (χ0v) is 12.7. The summed E-state index contributed by atoms with van der Waals surface area (Å²) in [6.45, 7) is 1.72. The van der Waals surface area contributed by atoms with Gasteiger partial charge in [-0.25, -0.2) is 0 Å². The molecule has 120 valence electrons. The van der Waals surface area contributed by atoms with Crippen LogP contribution < -0.4 is 5.32 Å². The molecule has 0 aliphatic carbocycles. The first-order chi connectivity index (χ1) is 11.0. The number of aldehydes is 1. The molecule has 23 heavy (non-hydrogen) atoms. The van der Waals surface area contributed by atoms with Crippen LogP contribution in [-0.4, -0.2) is 22.4 Å². The maximum absolute atomic E-state index is 11.2. The van der Waals surface area contributed by atoms with Crippen molar-refractivity contribution in [1.29, 1.82) is 0 Å². The minimum absolute atomic E-state index is 0.0718. The van der Waals surface area contributed by atoms with Gasteiger partial charge in [-0.2, -0.15) is 0 Å². The van der Waals surface area contributed by atoms with E-state index in [1.807, 2.05) is 12.1 Å². The van der Waals surface area contributed by atoms with E-state index >= 15 is 0 Å². The maximum atomic E-state index is 11.2. The van der Waals surface area contributed by atoms with Gasteiger partial charge in [-0.05, 0) is 42.7 Å². The first-order valence-corrected chi connectivity index (χ1v) is 7.24. The van der Waals surface area contributed by atoms with Crippen LogP contribution in [0.25, 0.3) is 0 Å². The number of nitrogens with one attached hydrogen (secondary N) is 1. The normalized spacial score (nSPS) is 11.7. The third-order valence-corrected chi connectivity index (χ3v) is 3.34. The summed E-state index contributed by atoms with van der Waals surface area (Å²) < 4.78 is 0. The summed E-state index contributed by atoms with van der Waals surface area (Å²) >= 11 is 0. The van der Waals surface area contributed by atoms with E-state index < -0.39 is 11.0 Å². The van der Waals surface area contributed by atoms with Crippen LogP contribution in [0.3, 0.4) is 0 Å². The van der Waals surface area contributed by atoms with Crippen molar-refractivity contribution in [1.82, 2.24) is 0 Å². The Bertz CT molecular complexity index is 696. The van der Waals surface area contributed by atoms with E-state index in [0.717, 1.165) is 5.56 Å². The molecule has 0 bridgehead atoms. The molecule has 0 radical (unpaired) electrons. The highest BCUT2D eigenvalue weighted by atomic mass is 16.6. The molecule has 2 N–H and O–H groups in total. The molecular weight excluding hydrogens is 296 g/mol. The van der Waals surface area contributed by atoms with Gasteiger partial charge in [0.05, 0.1) is 11.0 Å². The number of hydrogen-bond acceptors (Lipinski definition) is 5. The number of benzene rings is 2. The molecule has 0 saturated carbocycles. The molecule has 2 rings (SSSR count). The second kappa shape index (κ2) is 7.51. The first kappa shape index (κ1) is 16.6. The van der Waals surface area contributed by atoms with Gasteiger partial charge in [0.15, 0.2) is 0 Å². The lowest BCUT2D eigenvalue weighted by molar-refractivity contribution is -0.384. The van der Waals surface area contributed by atoms with Crippen molar-refractivity contribution in [2.45, 2.75) is 25.9 Å². The Hall–Kier alpha value is -2.73. The summed E-state index contributed by atoms with van der Waals surface area (Å²) in [6, 6.07) is 12.0. The lowest BCUT2D eigenvalue weighted by atomic mass is 10.1. The molecule has 0 fully saturated rings. The van der Waals surface area contributed by atoms with Gasteiger partial charge in [0, 0.05) is 18.2 Å². The van der Waals surface area contributed by atoms with Crippen molar-refractivity contribution in [3.63, 3.8) is 0 Å². The highest BCUT2D eigenvalue weighted by Crippen LogP contribution is 2.29. The molecule has 0 aliphatic rings. The number of nitro benzene ring substituents is 1. The minimum atomic E-state index is -0.474. The van der Waals surface area contributed by atoms with Crippen molar-refractivity contribution in [2.75, 3.05) is 5.32 Å². The van der Waals surface area contributed by atoms with Crippen molar-refractivity contribution in [3.8, 4) is 0 Å². The van der Waals surface area contributed by atoms with E-state index in [0.29, 0.717) is 29.6 Å². The smallest absolute Gasteiger partial charge is 0.292 e. The van der Waals surface area contributed by atoms with Crippen molar-refractivity contribution in [2.24, 2.45) is 0 Å². The number of anilines is 2. The van der Waals surface area contributed by atoms with Crippen molar-refractivity contribution in [3.05, 3.63) is 63.7 Å². The highest BCUT2D eigenvalue weighted by molar-refractivity contribution is 5.71. The standard InChI is InChI=1S/C17H18N2O4/c1-12(21)10-13-2-5-15(6-3-13)18-16-7-4-14(8-9-20)11-17(16)19(22)23/h2-7,9,11-12,18,21H,8,10H2,1H3/t12-/m1/s1. The molecule has 0 spiro atoms. The van der Waals surface area contributed by atoms with E-state index in [1.165, 1.54) is 6.07 Å². The van der Waals surface area contributed by atoms with Crippen LogP contribution in [0.1, 0.15) is 18.1 Å². The Morgan fingerprint density at radius 3 is 2.43 bits per heavy atom. The summed E-state index contributed by atoms with van der Waals surface area (Å²) in [7, 11) is 0. The van der Waals surface area contributed by atoms with E-state index in [-0.39, 0.29) is 12.1 Å². The number of carbonyl (C=O) groups is 1. The first-order valence-electron chi connectivity index (χ1n) is 7.24. The summed E-state index contributed by atoms with van der Waals surface area (Å²) in [4.78, 5) is 21.3. The Morgan fingerprint density at radius 1 is 1.22 bits per heavy atom. The van der Waals surface area contributed by atoms with Gasteiger partial charge >= 0.3 is 0 Å². The summed E-state index contributed by atoms with van der Waals surface area (Å²) in [5.41, 5.74) is 2.60. The Labute approximate surface area is 133 Å². The van der Waals surface area contributed by atoms with Gasteiger partial charge in [-0.1, -0.05) is 18.2 Å². The van der Waals surface area contributed by atoms with Crippen molar-refractivity contribution < 1.29 is 14.8 Å². The van der Waals surface area contributed by atoms with Crippen LogP contribution in [-0.2, 0) is 17.6 Å². The SMILES string of the molecule is C[C@@H](O)Cc1ccc(Nc2ccc(CC=O)cc2[N+](=O)[O-])cc1. The quantitative estimate of drug-likeness (QED) is 0.465. The predicted molar refractivity (Wildman–Crippen MR) is 88.0 cm³/mol. The maximum Gasteiger partial charge on any atom is 0.292 e. The minimum Gasteiger partial charge on any atom is -0.393 e. The monoisotopic (exact) mass is 314 g/mol. The molecule has 2 aromatic rings. The molecule has 2 aromatic carbocycles. The fourth-order valence-electron chi connectivity index (χ4n) is 2.28. The third-order valence-electron chi connectivity index (χ3n) is 3.34. The van der Waals surface area contributed by atoms with Crippen LogP contribution in [0.5, 0.6) is 0 Å². The molecule has 0 heterocycles. The van der Waals surface area contributed by atoms with Crippen LogP contribution in [0.2, 0.25) is 0 Å². The zero-order valence-electron chi connectivity index (χ0n) is 12.7. The number of nitrogens with zero attached hydrogens (tertiary/aromatic N) is 1. The Morgan fingerprint density at radius 2 is 1.87 bits per heavy atom.